The Hall–Kier alpha value is -0.610. The van der Waals surface area contributed by atoms with Gasteiger partial charge in [-0.2, -0.15) is 0 Å². The number of amides is 1. The summed E-state index contributed by atoms with van der Waals surface area (Å²) in [5.74, 6) is 0.0306. The summed E-state index contributed by atoms with van der Waals surface area (Å²) in [5, 5.41) is 15.2. The van der Waals surface area contributed by atoms with E-state index in [9.17, 15) is 9.90 Å². The van der Waals surface area contributed by atoms with Crippen LogP contribution in [-0.2, 0) is 4.79 Å². The van der Waals surface area contributed by atoms with Crippen molar-refractivity contribution < 1.29 is 9.90 Å². The van der Waals surface area contributed by atoms with Gasteiger partial charge in [-0.1, -0.05) is 13.8 Å². The Morgan fingerprint density at radius 1 is 1.33 bits per heavy atom. The van der Waals surface area contributed by atoms with Gasteiger partial charge in [0.15, 0.2) is 0 Å². The van der Waals surface area contributed by atoms with E-state index >= 15 is 0 Å². The number of carbonyl (C=O) groups is 1. The van der Waals surface area contributed by atoms with Crippen LogP contribution in [0.25, 0.3) is 0 Å². The summed E-state index contributed by atoms with van der Waals surface area (Å²) < 4.78 is 0. The summed E-state index contributed by atoms with van der Waals surface area (Å²) >= 11 is 0. The van der Waals surface area contributed by atoms with E-state index in [0.717, 1.165) is 25.8 Å². The van der Waals surface area contributed by atoms with Crippen molar-refractivity contribution in [3.8, 4) is 0 Å². The number of nitrogens with one attached hydrogen (secondary N) is 2. The SMILES string of the molecule is CCC(CC)(CO)NC(=O)CCCNC. The molecule has 0 fully saturated rings. The van der Waals surface area contributed by atoms with E-state index in [1.54, 1.807) is 0 Å². The lowest BCUT2D eigenvalue weighted by molar-refractivity contribution is -0.123. The minimum atomic E-state index is -0.420. The number of carbonyl (C=O) groups excluding carboxylic acids is 1. The maximum atomic E-state index is 11.6. The zero-order chi connectivity index (χ0) is 11.7. The normalized spacial score (nSPS) is 11.5. The van der Waals surface area contributed by atoms with Crippen LogP contribution in [0.4, 0.5) is 0 Å². The molecule has 90 valence electrons. The summed E-state index contributed by atoms with van der Waals surface area (Å²) in [4.78, 5) is 11.6. The molecule has 0 aromatic heterocycles. The van der Waals surface area contributed by atoms with Gasteiger partial charge in [0, 0.05) is 6.42 Å². The molecule has 0 saturated carbocycles. The van der Waals surface area contributed by atoms with Crippen LogP contribution in [0.2, 0.25) is 0 Å². The van der Waals surface area contributed by atoms with Crippen molar-refractivity contribution in [2.24, 2.45) is 0 Å². The lowest BCUT2D eigenvalue weighted by atomic mass is 9.93. The van der Waals surface area contributed by atoms with Crippen molar-refractivity contribution in [2.45, 2.75) is 45.1 Å². The molecule has 0 aromatic rings. The van der Waals surface area contributed by atoms with Crippen LogP contribution < -0.4 is 10.6 Å². The van der Waals surface area contributed by atoms with Crippen LogP contribution >= 0.6 is 0 Å². The first-order valence-corrected chi connectivity index (χ1v) is 5.70. The van der Waals surface area contributed by atoms with Gasteiger partial charge in [0.2, 0.25) is 5.91 Å². The molecule has 4 heteroatoms. The molecule has 15 heavy (non-hydrogen) atoms. The number of rotatable bonds is 8. The van der Waals surface area contributed by atoms with Crippen LogP contribution in [0.15, 0.2) is 0 Å². The first-order chi connectivity index (χ1) is 7.14. The smallest absolute Gasteiger partial charge is 0.220 e. The molecule has 0 aliphatic carbocycles. The van der Waals surface area contributed by atoms with Gasteiger partial charge in [-0.15, -0.1) is 0 Å². The fraction of sp³-hybridized carbons (Fsp3) is 0.909. The minimum Gasteiger partial charge on any atom is -0.394 e. The summed E-state index contributed by atoms with van der Waals surface area (Å²) in [6.45, 7) is 4.82. The number of aliphatic hydroxyl groups is 1. The van der Waals surface area contributed by atoms with Gasteiger partial charge in [0.1, 0.15) is 0 Å². The molecule has 0 heterocycles. The standard InChI is InChI=1S/C11H24N2O2/c1-4-11(5-2,9-14)13-10(15)7-6-8-12-3/h12,14H,4-9H2,1-3H3,(H,13,15). The Morgan fingerprint density at radius 3 is 2.33 bits per heavy atom. The highest BCUT2D eigenvalue weighted by atomic mass is 16.3. The van der Waals surface area contributed by atoms with Crippen molar-refractivity contribution in [1.29, 1.82) is 0 Å². The summed E-state index contributed by atoms with van der Waals surface area (Å²) in [5.41, 5.74) is -0.420. The maximum absolute atomic E-state index is 11.6. The molecule has 0 spiro atoms. The second kappa shape index (κ2) is 7.65. The fourth-order valence-electron chi connectivity index (χ4n) is 1.47. The Labute approximate surface area is 92.4 Å². The first-order valence-electron chi connectivity index (χ1n) is 5.70. The molecule has 0 aliphatic rings. The average Bonchev–Trinajstić information content (AvgIpc) is 2.26. The zero-order valence-electron chi connectivity index (χ0n) is 10.1. The Bertz CT molecular complexity index is 171. The van der Waals surface area contributed by atoms with Crippen LogP contribution in [0, 0.1) is 0 Å². The number of hydrogen-bond acceptors (Lipinski definition) is 3. The minimum absolute atomic E-state index is 0.0117. The molecule has 4 nitrogen and oxygen atoms in total. The van der Waals surface area contributed by atoms with Gasteiger partial charge in [0.25, 0.3) is 0 Å². The fourth-order valence-corrected chi connectivity index (χ4v) is 1.47. The van der Waals surface area contributed by atoms with E-state index in [-0.39, 0.29) is 12.5 Å². The molecule has 0 radical (unpaired) electrons. The molecule has 1 amide bonds. The molecule has 0 bridgehead atoms. The molecular formula is C11H24N2O2. The van der Waals surface area contributed by atoms with Gasteiger partial charge in [-0.25, -0.2) is 0 Å². The Kier molecular flexibility index (Phi) is 7.34. The number of aliphatic hydroxyl groups excluding tert-OH is 1. The average molecular weight is 216 g/mol. The van der Waals surface area contributed by atoms with Gasteiger partial charge < -0.3 is 15.7 Å². The van der Waals surface area contributed by atoms with E-state index in [2.05, 4.69) is 10.6 Å². The monoisotopic (exact) mass is 216 g/mol. The molecule has 0 aromatic carbocycles. The first kappa shape index (κ1) is 14.4. The van der Waals surface area contributed by atoms with Crippen molar-refractivity contribution in [3.05, 3.63) is 0 Å². The summed E-state index contributed by atoms with van der Waals surface area (Å²) in [6, 6.07) is 0. The van der Waals surface area contributed by atoms with Crippen molar-refractivity contribution in [2.75, 3.05) is 20.2 Å². The molecule has 0 saturated heterocycles. The Morgan fingerprint density at radius 2 is 1.93 bits per heavy atom. The lowest BCUT2D eigenvalue weighted by Gasteiger charge is -2.30. The van der Waals surface area contributed by atoms with Gasteiger partial charge in [-0.3, -0.25) is 4.79 Å². The highest BCUT2D eigenvalue weighted by Crippen LogP contribution is 2.14. The highest BCUT2D eigenvalue weighted by molar-refractivity contribution is 5.76. The summed E-state index contributed by atoms with van der Waals surface area (Å²) in [7, 11) is 1.87. The maximum Gasteiger partial charge on any atom is 0.220 e. The lowest BCUT2D eigenvalue weighted by Crippen LogP contribution is -2.50. The molecule has 0 atom stereocenters. The van der Waals surface area contributed by atoms with Gasteiger partial charge >= 0.3 is 0 Å². The predicted molar refractivity (Wildman–Crippen MR) is 61.7 cm³/mol. The highest BCUT2D eigenvalue weighted by Gasteiger charge is 2.26. The van der Waals surface area contributed by atoms with E-state index in [4.69, 9.17) is 0 Å². The zero-order valence-corrected chi connectivity index (χ0v) is 10.1. The summed E-state index contributed by atoms with van der Waals surface area (Å²) in [6.07, 6.45) is 2.87. The third-order valence-corrected chi connectivity index (χ3v) is 2.89. The quantitative estimate of drug-likeness (QED) is 0.522. The van der Waals surface area contributed by atoms with Crippen molar-refractivity contribution in [1.82, 2.24) is 10.6 Å². The van der Waals surface area contributed by atoms with Crippen molar-refractivity contribution in [3.63, 3.8) is 0 Å². The van der Waals surface area contributed by atoms with E-state index in [1.165, 1.54) is 0 Å². The van der Waals surface area contributed by atoms with Crippen LogP contribution in [0.5, 0.6) is 0 Å². The third kappa shape index (κ3) is 5.14. The van der Waals surface area contributed by atoms with Gasteiger partial charge in [-0.05, 0) is 32.9 Å². The largest absolute Gasteiger partial charge is 0.394 e. The third-order valence-electron chi connectivity index (χ3n) is 2.89. The second-order valence-electron chi connectivity index (χ2n) is 3.90. The molecule has 3 N–H and O–H groups in total. The molecular weight excluding hydrogens is 192 g/mol. The van der Waals surface area contributed by atoms with Crippen LogP contribution in [0.3, 0.4) is 0 Å². The van der Waals surface area contributed by atoms with Crippen molar-refractivity contribution >= 4 is 5.91 Å². The number of hydrogen-bond donors (Lipinski definition) is 3. The van der Waals surface area contributed by atoms with Gasteiger partial charge in [0.05, 0.1) is 12.1 Å². The molecule has 0 unspecified atom stereocenters. The second-order valence-corrected chi connectivity index (χ2v) is 3.90. The van der Waals surface area contributed by atoms with Crippen LogP contribution in [-0.4, -0.2) is 36.8 Å². The molecule has 0 aliphatic heterocycles. The van der Waals surface area contributed by atoms with E-state index < -0.39 is 5.54 Å². The predicted octanol–water partition coefficient (Wildman–Crippen LogP) is 0.653. The molecule has 0 rings (SSSR count). The van der Waals surface area contributed by atoms with Crippen LogP contribution in [0.1, 0.15) is 39.5 Å². The van der Waals surface area contributed by atoms with E-state index in [0.29, 0.717) is 6.42 Å². The van der Waals surface area contributed by atoms with E-state index in [1.807, 2.05) is 20.9 Å². The topological polar surface area (TPSA) is 61.4 Å². The Balaban J connectivity index is 4.00.